The van der Waals surface area contributed by atoms with E-state index in [4.69, 9.17) is 0 Å². The van der Waals surface area contributed by atoms with Gasteiger partial charge in [-0.2, -0.15) is 5.10 Å². The molecule has 0 aliphatic heterocycles. The smallest absolute Gasteiger partial charge is 0.0688 e. The number of benzene rings is 1. The molecule has 0 saturated heterocycles. The number of rotatable bonds is 1. The van der Waals surface area contributed by atoms with Crippen molar-refractivity contribution in [2.45, 2.75) is 6.42 Å². The van der Waals surface area contributed by atoms with Crippen LogP contribution in [0.2, 0.25) is 0 Å². The molecule has 0 saturated carbocycles. The zero-order valence-electron chi connectivity index (χ0n) is 7.75. The number of nitrogens with zero attached hydrogens (tertiary/aromatic N) is 1. The molecule has 0 bridgehead atoms. The first-order chi connectivity index (χ1) is 6.88. The third-order valence-corrected chi connectivity index (χ3v) is 2.73. The molecular formula is C12H10N2. The van der Waals surface area contributed by atoms with E-state index in [0.29, 0.717) is 0 Å². The number of aromatic nitrogens is 2. The first-order valence-electron chi connectivity index (χ1n) is 4.66. The largest absolute Gasteiger partial charge is 0.278 e. The summed E-state index contributed by atoms with van der Waals surface area (Å²) in [5.74, 6) is 0. The predicted molar refractivity (Wildman–Crippen MR) is 56.9 cm³/mol. The summed E-state index contributed by atoms with van der Waals surface area (Å²) in [6, 6.07) is 6.41. The molecule has 1 aliphatic carbocycles. The molecule has 3 rings (SSSR count). The van der Waals surface area contributed by atoms with Crippen molar-refractivity contribution in [3.8, 4) is 11.3 Å². The molecule has 0 spiro atoms. The molecule has 2 aromatic rings. The van der Waals surface area contributed by atoms with Crippen LogP contribution in [0.4, 0.5) is 0 Å². The SMILES string of the molecule is C=Cc1ccc2c(c1)Cc1cn[nH]c1-2. The summed E-state index contributed by atoms with van der Waals surface area (Å²) in [6.45, 7) is 3.77. The fourth-order valence-electron chi connectivity index (χ4n) is 2.01. The Morgan fingerprint density at radius 2 is 2.29 bits per heavy atom. The molecule has 1 heterocycles. The normalized spacial score (nSPS) is 12.3. The third-order valence-electron chi connectivity index (χ3n) is 2.73. The van der Waals surface area contributed by atoms with E-state index in [0.717, 1.165) is 6.42 Å². The zero-order valence-corrected chi connectivity index (χ0v) is 7.75. The summed E-state index contributed by atoms with van der Waals surface area (Å²) in [4.78, 5) is 0. The summed E-state index contributed by atoms with van der Waals surface area (Å²) >= 11 is 0. The van der Waals surface area contributed by atoms with Gasteiger partial charge in [0.15, 0.2) is 0 Å². The van der Waals surface area contributed by atoms with Crippen molar-refractivity contribution in [2.24, 2.45) is 0 Å². The number of fused-ring (bicyclic) bond motifs is 3. The number of hydrogen-bond acceptors (Lipinski definition) is 1. The summed E-state index contributed by atoms with van der Waals surface area (Å²) in [6.07, 6.45) is 4.77. The molecule has 2 nitrogen and oxygen atoms in total. The van der Waals surface area contributed by atoms with E-state index >= 15 is 0 Å². The van der Waals surface area contributed by atoms with E-state index in [1.807, 2.05) is 12.3 Å². The van der Waals surface area contributed by atoms with Gasteiger partial charge in [0.2, 0.25) is 0 Å². The minimum absolute atomic E-state index is 0.989. The number of nitrogens with one attached hydrogen (secondary N) is 1. The Morgan fingerprint density at radius 1 is 1.36 bits per heavy atom. The lowest BCUT2D eigenvalue weighted by Gasteiger charge is -2.00. The van der Waals surface area contributed by atoms with Crippen molar-refractivity contribution in [3.63, 3.8) is 0 Å². The van der Waals surface area contributed by atoms with Crippen LogP contribution in [-0.2, 0) is 6.42 Å². The molecule has 0 atom stereocenters. The Labute approximate surface area is 82.3 Å². The van der Waals surface area contributed by atoms with Gasteiger partial charge >= 0.3 is 0 Å². The summed E-state index contributed by atoms with van der Waals surface area (Å²) in [5.41, 5.74) is 6.30. The van der Waals surface area contributed by atoms with Crippen LogP contribution < -0.4 is 0 Å². The second kappa shape index (κ2) is 2.58. The molecular weight excluding hydrogens is 172 g/mol. The molecule has 0 unspecified atom stereocenters. The van der Waals surface area contributed by atoms with E-state index in [-0.39, 0.29) is 0 Å². The molecule has 0 fully saturated rings. The Balaban J connectivity index is 2.23. The molecule has 1 aliphatic rings. The van der Waals surface area contributed by atoms with Gasteiger partial charge in [-0.05, 0) is 11.1 Å². The van der Waals surface area contributed by atoms with E-state index in [2.05, 4.69) is 35.0 Å². The first-order valence-corrected chi connectivity index (χ1v) is 4.66. The van der Waals surface area contributed by atoms with Crippen LogP contribution in [0.3, 0.4) is 0 Å². The van der Waals surface area contributed by atoms with Crippen LogP contribution in [0.1, 0.15) is 16.7 Å². The van der Waals surface area contributed by atoms with Crippen molar-refractivity contribution in [1.82, 2.24) is 10.2 Å². The highest BCUT2D eigenvalue weighted by molar-refractivity contribution is 5.74. The van der Waals surface area contributed by atoms with Crippen LogP contribution in [0, 0.1) is 0 Å². The van der Waals surface area contributed by atoms with Gasteiger partial charge in [-0.3, -0.25) is 5.10 Å². The fraction of sp³-hybridized carbons (Fsp3) is 0.0833. The predicted octanol–water partition coefficient (Wildman–Crippen LogP) is 2.62. The van der Waals surface area contributed by atoms with Crippen molar-refractivity contribution < 1.29 is 0 Å². The van der Waals surface area contributed by atoms with Gasteiger partial charge in [0.1, 0.15) is 0 Å². The van der Waals surface area contributed by atoms with Crippen LogP contribution >= 0.6 is 0 Å². The molecule has 68 valence electrons. The average Bonchev–Trinajstić information content (AvgIpc) is 2.75. The molecule has 1 N–H and O–H groups in total. The van der Waals surface area contributed by atoms with E-state index in [9.17, 15) is 0 Å². The Hall–Kier alpha value is -1.83. The fourth-order valence-corrected chi connectivity index (χ4v) is 2.01. The summed E-state index contributed by atoms with van der Waals surface area (Å²) < 4.78 is 0. The minimum Gasteiger partial charge on any atom is -0.278 e. The maximum absolute atomic E-state index is 4.04. The Kier molecular flexibility index (Phi) is 1.39. The minimum atomic E-state index is 0.989. The Bertz CT molecular complexity index is 509. The maximum atomic E-state index is 4.04. The monoisotopic (exact) mass is 182 g/mol. The summed E-state index contributed by atoms with van der Waals surface area (Å²) in [5, 5.41) is 7.08. The lowest BCUT2D eigenvalue weighted by molar-refractivity contribution is 1.09. The standard InChI is InChI=1S/C12H10N2/c1-2-8-3-4-11-9(5-8)6-10-7-13-14-12(10)11/h2-5,7H,1,6H2,(H,13,14). The van der Waals surface area contributed by atoms with Crippen LogP contribution in [0.15, 0.2) is 31.0 Å². The van der Waals surface area contributed by atoms with Crippen LogP contribution in [0.25, 0.3) is 17.3 Å². The number of H-pyrrole nitrogens is 1. The molecule has 14 heavy (non-hydrogen) atoms. The quantitative estimate of drug-likeness (QED) is 0.615. The highest BCUT2D eigenvalue weighted by Crippen LogP contribution is 2.35. The van der Waals surface area contributed by atoms with Crippen molar-refractivity contribution in [3.05, 3.63) is 47.7 Å². The number of hydrogen-bond donors (Lipinski definition) is 1. The average molecular weight is 182 g/mol. The van der Waals surface area contributed by atoms with Gasteiger partial charge in [-0.15, -0.1) is 0 Å². The van der Waals surface area contributed by atoms with E-state index < -0.39 is 0 Å². The molecule has 1 aromatic heterocycles. The number of aromatic amines is 1. The van der Waals surface area contributed by atoms with Gasteiger partial charge in [0.05, 0.1) is 11.9 Å². The zero-order chi connectivity index (χ0) is 9.54. The molecule has 1 aromatic carbocycles. The van der Waals surface area contributed by atoms with Crippen LogP contribution in [-0.4, -0.2) is 10.2 Å². The lowest BCUT2D eigenvalue weighted by Crippen LogP contribution is -1.83. The second-order valence-electron chi connectivity index (χ2n) is 3.57. The van der Waals surface area contributed by atoms with Gasteiger partial charge in [0.25, 0.3) is 0 Å². The molecule has 2 heteroatoms. The molecule has 0 radical (unpaired) electrons. The Morgan fingerprint density at radius 3 is 3.14 bits per heavy atom. The molecule has 0 amide bonds. The lowest BCUT2D eigenvalue weighted by atomic mass is 10.1. The second-order valence-corrected chi connectivity index (χ2v) is 3.57. The van der Waals surface area contributed by atoms with Gasteiger partial charge in [-0.25, -0.2) is 0 Å². The van der Waals surface area contributed by atoms with E-state index in [1.54, 1.807) is 0 Å². The topological polar surface area (TPSA) is 28.7 Å². The van der Waals surface area contributed by atoms with Crippen molar-refractivity contribution >= 4 is 6.08 Å². The first kappa shape index (κ1) is 7.56. The highest BCUT2D eigenvalue weighted by atomic mass is 15.1. The van der Waals surface area contributed by atoms with Crippen LogP contribution in [0.5, 0.6) is 0 Å². The van der Waals surface area contributed by atoms with Gasteiger partial charge in [-0.1, -0.05) is 30.9 Å². The highest BCUT2D eigenvalue weighted by Gasteiger charge is 2.19. The van der Waals surface area contributed by atoms with Gasteiger partial charge in [0, 0.05) is 17.5 Å². The van der Waals surface area contributed by atoms with E-state index in [1.165, 1.54) is 27.9 Å². The maximum Gasteiger partial charge on any atom is 0.0688 e. The summed E-state index contributed by atoms with van der Waals surface area (Å²) in [7, 11) is 0. The van der Waals surface area contributed by atoms with Crippen molar-refractivity contribution in [1.29, 1.82) is 0 Å². The van der Waals surface area contributed by atoms with Gasteiger partial charge < -0.3 is 0 Å². The van der Waals surface area contributed by atoms with Crippen molar-refractivity contribution in [2.75, 3.05) is 0 Å². The third kappa shape index (κ3) is 0.880.